The molecule has 40 heavy (non-hydrogen) atoms. The Labute approximate surface area is 230 Å². The van der Waals surface area contributed by atoms with E-state index < -0.39 is 0 Å². The predicted octanol–water partition coefficient (Wildman–Crippen LogP) is 4.24. The number of H-pyrrole nitrogens is 1. The third kappa shape index (κ3) is 4.80. The summed E-state index contributed by atoms with van der Waals surface area (Å²) in [4.78, 5) is 25.1. The molecule has 2 aliphatic rings. The smallest absolute Gasteiger partial charge is 0.249 e. The van der Waals surface area contributed by atoms with Crippen molar-refractivity contribution in [1.82, 2.24) is 24.7 Å². The molecule has 3 aromatic heterocycles. The van der Waals surface area contributed by atoms with E-state index in [4.69, 9.17) is 9.47 Å². The Morgan fingerprint density at radius 3 is 2.90 bits per heavy atom. The van der Waals surface area contributed by atoms with Crippen molar-refractivity contribution in [3.8, 4) is 17.2 Å². The molecule has 1 fully saturated rings. The summed E-state index contributed by atoms with van der Waals surface area (Å²) in [6.45, 7) is 2.57. The van der Waals surface area contributed by atoms with E-state index in [9.17, 15) is 4.79 Å². The van der Waals surface area contributed by atoms with E-state index in [1.54, 1.807) is 29.5 Å². The predicted molar refractivity (Wildman–Crippen MR) is 150 cm³/mol. The summed E-state index contributed by atoms with van der Waals surface area (Å²) in [5.74, 6) is 1.71. The fourth-order valence-electron chi connectivity index (χ4n) is 5.31. The molecule has 5 heterocycles. The van der Waals surface area contributed by atoms with E-state index in [1.165, 1.54) is 6.33 Å². The number of nitrogens with one attached hydrogen (secondary N) is 2. The molecule has 2 aliphatic heterocycles. The number of aromatic amines is 1. The molecule has 1 atom stereocenters. The zero-order chi connectivity index (χ0) is 26.9. The average molecular weight is 534 g/mol. The monoisotopic (exact) mass is 533 g/mol. The first-order chi connectivity index (χ1) is 19.7. The second-order valence-corrected chi connectivity index (χ2v) is 9.90. The van der Waals surface area contributed by atoms with Crippen molar-refractivity contribution in [1.29, 1.82) is 0 Å². The molecule has 200 valence electrons. The van der Waals surface area contributed by atoms with E-state index in [0.29, 0.717) is 19.7 Å². The molecule has 5 aromatic rings. The first-order valence-corrected chi connectivity index (χ1v) is 13.2. The third-order valence-corrected chi connectivity index (χ3v) is 7.28. The van der Waals surface area contributed by atoms with E-state index in [0.717, 1.165) is 63.8 Å². The lowest BCUT2D eigenvalue weighted by molar-refractivity contribution is 0.0384. The summed E-state index contributed by atoms with van der Waals surface area (Å²) >= 11 is 0. The zero-order valence-corrected chi connectivity index (χ0v) is 21.7. The maximum absolute atomic E-state index is 11.8. The summed E-state index contributed by atoms with van der Waals surface area (Å²) in [5.41, 5.74) is 6.99. The van der Waals surface area contributed by atoms with Crippen LogP contribution in [0.2, 0.25) is 0 Å². The molecule has 0 spiro atoms. The van der Waals surface area contributed by atoms with Crippen molar-refractivity contribution >= 4 is 11.4 Å². The van der Waals surface area contributed by atoms with Crippen LogP contribution in [0.15, 0.2) is 90.6 Å². The number of morpholine rings is 1. The van der Waals surface area contributed by atoms with Crippen LogP contribution in [0.1, 0.15) is 28.4 Å². The van der Waals surface area contributed by atoms with Crippen LogP contribution in [0.5, 0.6) is 11.5 Å². The minimum Gasteiger partial charge on any atom is -0.456 e. The molecule has 1 unspecified atom stereocenters. The van der Waals surface area contributed by atoms with Gasteiger partial charge in [0.1, 0.15) is 30.3 Å². The number of pyridine rings is 2. The highest BCUT2D eigenvalue weighted by Crippen LogP contribution is 2.43. The van der Waals surface area contributed by atoms with Gasteiger partial charge in [-0.1, -0.05) is 18.2 Å². The van der Waals surface area contributed by atoms with E-state index in [1.807, 2.05) is 30.5 Å². The molecule has 2 aromatic carbocycles. The highest BCUT2D eigenvalue weighted by atomic mass is 16.5. The largest absolute Gasteiger partial charge is 0.456 e. The molecule has 10 heteroatoms. The molecule has 1 saturated heterocycles. The molecular formula is C30H27N7O3. The highest BCUT2D eigenvalue weighted by Gasteiger charge is 2.28. The number of ether oxygens (including phenoxy) is 2. The van der Waals surface area contributed by atoms with Gasteiger partial charge in [0, 0.05) is 67.0 Å². The fraction of sp³-hybridized carbons (Fsp3) is 0.200. The van der Waals surface area contributed by atoms with Gasteiger partial charge in [-0.2, -0.15) is 5.10 Å². The normalized spacial score (nSPS) is 16.1. The second-order valence-electron chi connectivity index (χ2n) is 9.90. The van der Waals surface area contributed by atoms with Gasteiger partial charge in [0.05, 0.1) is 18.5 Å². The molecule has 7 rings (SSSR count). The number of para-hydroxylation sites is 1. The SMILES string of the molecule is O=c1cc(N2CCOC(c3cccc4c3Oc3ccc(NCc5cncc(-n6cncn6)c5)cc3C4)C2)cc[nH]1. The van der Waals surface area contributed by atoms with Gasteiger partial charge >= 0.3 is 0 Å². The fourth-order valence-corrected chi connectivity index (χ4v) is 5.31. The van der Waals surface area contributed by atoms with Crippen molar-refractivity contribution in [2.45, 2.75) is 19.1 Å². The number of aromatic nitrogens is 5. The highest BCUT2D eigenvalue weighted by molar-refractivity contribution is 5.59. The minimum absolute atomic E-state index is 0.108. The lowest BCUT2D eigenvalue weighted by Crippen LogP contribution is -2.39. The van der Waals surface area contributed by atoms with Crippen LogP contribution in [0, 0.1) is 0 Å². The van der Waals surface area contributed by atoms with Crippen LogP contribution in [0.25, 0.3) is 5.69 Å². The van der Waals surface area contributed by atoms with E-state index in [2.05, 4.69) is 54.5 Å². The Hall–Kier alpha value is -4.96. The number of rotatable bonds is 6. The summed E-state index contributed by atoms with van der Waals surface area (Å²) in [5, 5.41) is 7.68. The molecule has 10 nitrogen and oxygen atoms in total. The van der Waals surface area contributed by atoms with Crippen molar-refractivity contribution in [3.63, 3.8) is 0 Å². The molecular weight excluding hydrogens is 506 g/mol. The molecule has 0 saturated carbocycles. The van der Waals surface area contributed by atoms with Gasteiger partial charge in [-0.15, -0.1) is 0 Å². The van der Waals surface area contributed by atoms with Crippen LogP contribution in [-0.4, -0.2) is 44.4 Å². The number of nitrogens with zero attached hydrogens (tertiary/aromatic N) is 5. The molecule has 0 amide bonds. The zero-order valence-electron chi connectivity index (χ0n) is 21.7. The van der Waals surface area contributed by atoms with Crippen LogP contribution in [0.4, 0.5) is 11.4 Å². The van der Waals surface area contributed by atoms with Gasteiger partial charge in [-0.3, -0.25) is 9.78 Å². The van der Waals surface area contributed by atoms with Crippen LogP contribution >= 0.6 is 0 Å². The number of hydrogen-bond acceptors (Lipinski definition) is 8. The van der Waals surface area contributed by atoms with Gasteiger partial charge in [0.2, 0.25) is 5.56 Å². The van der Waals surface area contributed by atoms with Crippen LogP contribution in [-0.2, 0) is 17.7 Å². The molecule has 0 bridgehead atoms. The minimum atomic E-state index is -0.160. The van der Waals surface area contributed by atoms with E-state index in [-0.39, 0.29) is 11.7 Å². The maximum Gasteiger partial charge on any atom is 0.249 e. The van der Waals surface area contributed by atoms with Crippen LogP contribution < -0.4 is 20.5 Å². The van der Waals surface area contributed by atoms with Gasteiger partial charge in [0.15, 0.2) is 0 Å². The summed E-state index contributed by atoms with van der Waals surface area (Å²) < 4.78 is 14.4. The number of hydrogen-bond donors (Lipinski definition) is 2. The standard InChI is InChI=1S/C30H27N7O3/c38-29-13-24(6-7-33-29)36-8-9-39-28(17-36)26-3-1-2-21-11-22-12-23(4-5-27(22)40-30(21)26)34-15-20-10-25(16-31-14-20)37-19-32-18-35-37/h1-7,10,12-14,16,18-19,28,34H,8-9,11,15,17H2,(H,33,38). The number of fused-ring (bicyclic) bond motifs is 2. The lowest BCUT2D eigenvalue weighted by Gasteiger charge is -2.36. The van der Waals surface area contributed by atoms with Crippen molar-refractivity contribution < 1.29 is 9.47 Å². The Kier molecular flexibility index (Phi) is 6.21. The topological polar surface area (TPSA) is 110 Å². The third-order valence-electron chi connectivity index (χ3n) is 7.28. The number of anilines is 2. The number of benzene rings is 2. The van der Waals surface area contributed by atoms with Crippen molar-refractivity contribution in [3.05, 3.63) is 118 Å². The van der Waals surface area contributed by atoms with Gasteiger partial charge in [-0.25, -0.2) is 9.67 Å². The average Bonchev–Trinajstić information content (AvgIpc) is 3.54. The summed E-state index contributed by atoms with van der Waals surface area (Å²) in [6.07, 6.45) is 9.06. The maximum atomic E-state index is 11.8. The second kappa shape index (κ2) is 10.3. The quantitative estimate of drug-likeness (QED) is 0.327. The molecule has 0 radical (unpaired) electrons. The van der Waals surface area contributed by atoms with Crippen LogP contribution in [0.3, 0.4) is 0 Å². The molecule has 2 N–H and O–H groups in total. The Morgan fingerprint density at radius 1 is 1.02 bits per heavy atom. The van der Waals surface area contributed by atoms with Gasteiger partial charge < -0.3 is 24.7 Å². The van der Waals surface area contributed by atoms with Gasteiger partial charge in [-0.05, 0) is 41.5 Å². The summed E-state index contributed by atoms with van der Waals surface area (Å²) in [6, 6.07) is 18.0. The lowest BCUT2D eigenvalue weighted by atomic mass is 9.95. The van der Waals surface area contributed by atoms with Gasteiger partial charge in [0.25, 0.3) is 0 Å². The van der Waals surface area contributed by atoms with Crippen molar-refractivity contribution in [2.24, 2.45) is 0 Å². The Morgan fingerprint density at radius 2 is 2.00 bits per heavy atom. The Bertz CT molecular complexity index is 1720. The first-order valence-electron chi connectivity index (χ1n) is 13.2. The molecule has 0 aliphatic carbocycles. The Balaban J connectivity index is 1.07. The first kappa shape index (κ1) is 24.1. The van der Waals surface area contributed by atoms with E-state index >= 15 is 0 Å². The van der Waals surface area contributed by atoms with Crippen molar-refractivity contribution in [2.75, 3.05) is 29.9 Å². The summed E-state index contributed by atoms with van der Waals surface area (Å²) in [7, 11) is 0.